The predicted octanol–water partition coefficient (Wildman–Crippen LogP) is 5.61. The van der Waals surface area contributed by atoms with Gasteiger partial charge in [0.15, 0.2) is 0 Å². The van der Waals surface area contributed by atoms with Crippen LogP contribution in [0.5, 0.6) is 0 Å². The van der Waals surface area contributed by atoms with E-state index in [1.807, 2.05) is 12.1 Å². The zero-order chi connectivity index (χ0) is 13.8. The lowest BCUT2D eigenvalue weighted by Crippen LogP contribution is -2.31. The molecule has 1 aliphatic carbocycles. The predicted molar refractivity (Wildman–Crippen MR) is 84.0 cm³/mol. The Morgan fingerprint density at radius 1 is 1.11 bits per heavy atom. The summed E-state index contributed by atoms with van der Waals surface area (Å²) in [6.07, 6.45) is 6.63. The molecule has 3 atom stereocenters. The quantitative estimate of drug-likeness (QED) is 0.715. The third kappa shape index (κ3) is 4.37. The third-order valence-electron chi connectivity index (χ3n) is 4.19. The van der Waals surface area contributed by atoms with Gasteiger partial charge >= 0.3 is 0 Å². The summed E-state index contributed by atoms with van der Waals surface area (Å²) < 4.78 is 0. The van der Waals surface area contributed by atoms with Crippen LogP contribution >= 0.6 is 23.2 Å². The van der Waals surface area contributed by atoms with Gasteiger partial charge in [-0.25, -0.2) is 0 Å². The minimum Gasteiger partial charge on any atom is -0.307 e. The highest BCUT2D eigenvalue weighted by atomic mass is 35.5. The second-order valence-electron chi connectivity index (χ2n) is 5.87. The van der Waals surface area contributed by atoms with Gasteiger partial charge in [0, 0.05) is 12.1 Å². The largest absolute Gasteiger partial charge is 0.307 e. The second-order valence-corrected chi connectivity index (χ2v) is 6.69. The van der Waals surface area contributed by atoms with Gasteiger partial charge in [0.1, 0.15) is 0 Å². The lowest BCUT2D eigenvalue weighted by atomic mass is 10.0. The van der Waals surface area contributed by atoms with Crippen molar-refractivity contribution in [1.29, 1.82) is 0 Å². The van der Waals surface area contributed by atoms with Crippen LogP contribution in [0.15, 0.2) is 18.2 Å². The normalized spacial score (nSPS) is 25.9. The van der Waals surface area contributed by atoms with E-state index in [-0.39, 0.29) is 0 Å². The molecule has 0 saturated heterocycles. The van der Waals surface area contributed by atoms with Gasteiger partial charge in [0.25, 0.3) is 0 Å². The van der Waals surface area contributed by atoms with Crippen LogP contribution in [-0.2, 0) is 0 Å². The van der Waals surface area contributed by atoms with Crippen molar-refractivity contribution in [1.82, 2.24) is 5.32 Å². The lowest BCUT2D eigenvalue weighted by Gasteiger charge is -2.22. The molecule has 1 aliphatic rings. The molecule has 2 rings (SSSR count). The van der Waals surface area contributed by atoms with Gasteiger partial charge in [0.05, 0.1) is 10.0 Å². The Morgan fingerprint density at radius 3 is 2.63 bits per heavy atom. The summed E-state index contributed by atoms with van der Waals surface area (Å²) in [5, 5.41) is 5.01. The summed E-state index contributed by atoms with van der Waals surface area (Å²) in [7, 11) is 0. The molecule has 3 heteroatoms. The number of benzene rings is 1. The van der Waals surface area contributed by atoms with Crippen molar-refractivity contribution in [2.75, 3.05) is 0 Å². The van der Waals surface area contributed by atoms with Crippen LogP contribution in [0.3, 0.4) is 0 Å². The Morgan fingerprint density at radius 2 is 1.89 bits per heavy atom. The number of halogens is 2. The van der Waals surface area contributed by atoms with Crippen LogP contribution in [0.25, 0.3) is 0 Å². The molecule has 0 aliphatic heterocycles. The summed E-state index contributed by atoms with van der Waals surface area (Å²) in [6.45, 7) is 4.57. The first-order valence-corrected chi connectivity index (χ1v) is 8.03. The molecule has 1 aromatic carbocycles. The van der Waals surface area contributed by atoms with Crippen LogP contribution in [-0.4, -0.2) is 6.04 Å². The number of rotatable bonds is 3. The molecular weight excluding hydrogens is 277 g/mol. The molecule has 1 saturated carbocycles. The maximum Gasteiger partial charge on any atom is 0.0595 e. The van der Waals surface area contributed by atoms with Gasteiger partial charge in [-0.3, -0.25) is 0 Å². The fourth-order valence-electron chi connectivity index (χ4n) is 2.89. The monoisotopic (exact) mass is 299 g/mol. The van der Waals surface area contributed by atoms with E-state index in [2.05, 4.69) is 25.2 Å². The average molecular weight is 300 g/mol. The van der Waals surface area contributed by atoms with Crippen LogP contribution in [0.2, 0.25) is 10.0 Å². The van der Waals surface area contributed by atoms with Gasteiger partial charge < -0.3 is 5.32 Å². The topological polar surface area (TPSA) is 12.0 Å². The average Bonchev–Trinajstić information content (AvgIpc) is 2.58. The molecule has 1 aromatic rings. The van der Waals surface area contributed by atoms with Gasteiger partial charge in [-0.1, -0.05) is 49.0 Å². The van der Waals surface area contributed by atoms with Crippen molar-refractivity contribution >= 4 is 23.2 Å². The lowest BCUT2D eigenvalue weighted by molar-refractivity contribution is 0.408. The van der Waals surface area contributed by atoms with E-state index in [0.29, 0.717) is 22.1 Å². The number of nitrogens with one attached hydrogen (secondary N) is 1. The van der Waals surface area contributed by atoms with Gasteiger partial charge in [-0.05, 0) is 49.8 Å². The highest BCUT2D eigenvalue weighted by Gasteiger charge is 2.18. The fourth-order valence-corrected chi connectivity index (χ4v) is 3.19. The summed E-state index contributed by atoms with van der Waals surface area (Å²) in [4.78, 5) is 0. The Hall–Kier alpha value is -0.240. The highest BCUT2D eigenvalue weighted by molar-refractivity contribution is 6.42. The van der Waals surface area contributed by atoms with Crippen LogP contribution in [0.4, 0.5) is 0 Å². The van der Waals surface area contributed by atoms with Gasteiger partial charge in [0.2, 0.25) is 0 Å². The zero-order valence-electron chi connectivity index (χ0n) is 11.8. The summed E-state index contributed by atoms with van der Waals surface area (Å²) in [6, 6.07) is 6.88. The Bertz CT molecular complexity index is 419. The second kappa shape index (κ2) is 6.97. The molecule has 0 bridgehead atoms. The van der Waals surface area contributed by atoms with Crippen molar-refractivity contribution in [2.24, 2.45) is 5.92 Å². The first-order chi connectivity index (χ1) is 9.06. The molecule has 0 aromatic heterocycles. The van der Waals surface area contributed by atoms with Gasteiger partial charge in [-0.2, -0.15) is 0 Å². The molecule has 0 amide bonds. The van der Waals surface area contributed by atoms with Crippen molar-refractivity contribution in [2.45, 2.75) is 58.0 Å². The van der Waals surface area contributed by atoms with Crippen molar-refractivity contribution < 1.29 is 0 Å². The number of hydrogen-bond donors (Lipinski definition) is 1. The van der Waals surface area contributed by atoms with Crippen molar-refractivity contribution in [3.05, 3.63) is 33.8 Å². The van der Waals surface area contributed by atoms with E-state index in [1.165, 1.54) is 37.7 Å². The maximum atomic E-state index is 6.09. The standard InChI is InChI=1S/C16H23Cl2N/c1-11-4-3-5-14(8-6-11)19-12(2)13-7-9-15(17)16(18)10-13/h7,9-12,14,19H,3-6,8H2,1-2H3. The minimum absolute atomic E-state index is 0.327. The molecule has 0 spiro atoms. The molecule has 0 heterocycles. The van der Waals surface area contributed by atoms with E-state index in [1.54, 1.807) is 0 Å². The molecule has 1 fully saturated rings. The van der Waals surface area contributed by atoms with Crippen molar-refractivity contribution in [3.63, 3.8) is 0 Å². The summed E-state index contributed by atoms with van der Waals surface area (Å²) >= 11 is 12.0. The minimum atomic E-state index is 0.327. The Kier molecular flexibility index (Phi) is 5.56. The van der Waals surface area contributed by atoms with E-state index in [0.717, 1.165) is 5.92 Å². The molecular formula is C16H23Cl2N. The van der Waals surface area contributed by atoms with E-state index in [4.69, 9.17) is 23.2 Å². The van der Waals surface area contributed by atoms with E-state index in [9.17, 15) is 0 Å². The van der Waals surface area contributed by atoms with E-state index < -0.39 is 0 Å². The first kappa shape index (κ1) is 15.2. The van der Waals surface area contributed by atoms with Crippen LogP contribution in [0.1, 0.15) is 57.6 Å². The first-order valence-electron chi connectivity index (χ1n) is 7.27. The van der Waals surface area contributed by atoms with Gasteiger partial charge in [-0.15, -0.1) is 0 Å². The molecule has 3 unspecified atom stereocenters. The fraction of sp³-hybridized carbons (Fsp3) is 0.625. The van der Waals surface area contributed by atoms with Crippen molar-refractivity contribution in [3.8, 4) is 0 Å². The van der Waals surface area contributed by atoms with Crippen LogP contribution in [0, 0.1) is 5.92 Å². The van der Waals surface area contributed by atoms with E-state index >= 15 is 0 Å². The Labute approximate surface area is 126 Å². The summed E-state index contributed by atoms with van der Waals surface area (Å²) in [5.74, 6) is 0.882. The summed E-state index contributed by atoms with van der Waals surface area (Å²) in [5.41, 5.74) is 1.21. The van der Waals surface area contributed by atoms with Crippen LogP contribution < -0.4 is 5.32 Å². The zero-order valence-corrected chi connectivity index (χ0v) is 13.3. The smallest absolute Gasteiger partial charge is 0.0595 e. The molecule has 1 nitrogen and oxygen atoms in total. The molecule has 0 radical (unpaired) electrons. The molecule has 106 valence electrons. The SMILES string of the molecule is CC1CCCC(NC(C)c2ccc(Cl)c(Cl)c2)CC1. The highest BCUT2D eigenvalue weighted by Crippen LogP contribution is 2.28. The molecule has 1 N–H and O–H groups in total. The Balaban J connectivity index is 1.96. The maximum absolute atomic E-state index is 6.09. The number of hydrogen-bond acceptors (Lipinski definition) is 1. The third-order valence-corrected chi connectivity index (χ3v) is 4.93. The molecule has 19 heavy (non-hydrogen) atoms.